The Labute approximate surface area is 117 Å². The minimum Gasteiger partial charge on any atom is -0.294 e. The van der Waals surface area contributed by atoms with Gasteiger partial charge in [-0.3, -0.25) is 4.79 Å². The molecule has 0 aliphatic rings. The van der Waals surface area contributed by atoms with Crippen LogP contribution in [0.2, 0.25) is 5.02 Å². The Hall–Kier alpha value is -1.67. The number of Topliss-reactive ketones (excluding diaryl/α,β-unsaturated/α-hetero) is 1. The number of benzene rings is 2. The molecule has 2 aromatic carbocycles. The first-order chi connectivity index (χ1) is 8.97. The molecule has 0 atom stereocenters. The molecule has 0 radical (unpaired) electrons. The van der Waals surface area contributed by atoms with Crippen molar-refractivity contribution in [3.05, 3.63) is 69.5 Å². The Kier molecular flexibility index (Phi) is 4.01. The quantitative estimate of drug-likeness (QED) is 0.753. The molecule has 0 saturated heterocycles. The molecule has 3 heteroatoms. The molecule has 0 saturated carbocycles. The standard InChI is InChI=1S/C16H14ClFO/c1-10-3-4-11(2)13(7-10)9-16(19)12-5-6-15(18)14(17)8-12/h3-8H,9H2,1-2H3. The topological polar surface area (TPSA) is 17.1 Å². The van der Waals surface area contributed by atoms with Crippen molar-refractivity contribution in [2.24, 2.45) is 0 Å². The summed E-state index contributed by atoms with van der Waals surface area (Å²) in [5, 5.41) is -0.0215. The molecule has 0 heterocycles. The van der Waals surface area contributed by atoms with Gasteiger partial charge in [0.25, 0.3) is 0 Å². The highest BCUT2D eigenvalue weighted by molar-refractivity contribution is 6.31. The largest absolute Gasteiger partial charge is 0.294 e. The highest BCUT2D eigenvalue weighted by Gasteiger charge is 2.11. The molecule has 98 valence electrons. The summed E-state index contributed by atoms with van der Waals surface area (Å²) in [6, 6.07) is 10.1. The number of ketones is 1. The summed E-state index contributed by atoms with van der Waals surface area (Å²) < 4.78 is 13.1. The van der Waals surface area contributed by atoms with E-state index in [1.165, 1.54) is 18.2 Å². The van der Waals surface area contributed by atoms with Crippen molar-refractivity contribution < 1.29 is 9.18 Å². The molecule has 0 N–H and O–H groups in total. The Morgan fingerprint density at radius 3 is 2.58 bits per heavy atom. The predicted octanol–water partition coefficient (Wildman–Crippen LogP) is 4.52. The van der Waals surface area contributed by atoms with Crippen LogP contribution in [0.15, 0.2) is 36.4 Å². The van der Waals surface area contributed by atoms with Gasteiger partial charge in [0, 0.05) is 12.0 Å². The zero-order chi connectivity index (χ0) is 14.0. The van der Waals surface area contributed by atoms with E-state index in [4.69, 9.17) is 11.6 Å². The maximum Gasteiger partial charge on any atom is 0.167 e. The number of halogens is 2. The summed E-state index contributed by atoms with van der Waals surface area (Å²) in [6.45, 7) is 3.96. The van der Waals surface area contributed by atoms with Gasteiger partial charge < -0.3 is 0 Å². The van der Waals surface area contributed by atoms with Gasteiger partial charge in [-0.05, 0) is 43.2 Å². The van der Waals surface area contributed by atoms with Crippen LogP contribution in [0.1, 0.15) is 27.0 Å². The van der Waals surface area contributed by atoms with Gasteiger partial charge in [-0.2, -0.15) is 0 Å². The molecule has 0 aliphatic heterocycles. The molecule has 0 aromatic heterocycles. The van der Waals surface area contributed by atoms with Crippen LogP contribution in [0, 0.1) is 19.7 Å². The first kappa shape index (κ1) is 13.8. The summed E-state index contributed by atoms with van der Waals surface area (Å²) in [7, 11) is 0. The average Bonchev–Trinajstić information content (AvgIpc) is 2.37. The zero-order valence-corrected chi connectivity index (χ0v) is 11.6. The van der Waals surface area contributed by atoms with Gasteiger partial charge >= 0.3 is 0 Å². The van der Waals surface area contributed by atoms with E-state index >= 15 is 0 Å². The van der Waals surface area contributed by atoms with Crippen LogP contribution in [0.25, 0.3) is 0 Å². The molecule has 0 bridgehead atoms. The monoisotopic (exact) mass is 276 g/mol. The molecular weight excluding hydrogens is 263 g/mol. The van der Waals surface area contributed by atoms with E-state index in [2.05, 4.69) is 0 Å². The summed E-state index contributed by atoms with van der Waals surface area (Å²) in [4.78, 5) is 12.2. The summed E-state index contributed by atoms with van der Waals surface area (Å²) >= 11 is 5.69. The van der Waals surface area contributed by atoms with E-state index in [-0.39, 0.29) is 10.8 Å². The summed E-state index contributed by atoms with van der Waals surface area (Å²) in [5.41, 5.74) is 3.62. The van der Waals surface area contributed by atoms with E-state index in [9.17, 15) is 9.18 Å². The molecule has 1 nitrogen and oxygen atoms in total. The molecule has 19 heavy (non-hydrogen) atoms. The van der Waals surface area contributed by atoms with Crippen molar-refractivity contribution in [1.29, 1.82) is 0 Å². The van der Waals surface area contributed by atoms with Crippen molar-refractivity contribution in [3.8, 4) is 0 Å². The Balaban J connectivity index is 2.25. The fourth-order valence-electron chi connectivity index (χ4n) is 1.94. The van der Waals surface area contributed by atoms with E-state index in [1.54, 1.807) is 0 Å². The first-order valence-electron chi connectivity index (χ1n) is 6.02. The van der Waals surface area contributed by atoms with Crippen molar-refractivity contribution in [2.45, 2.75) is 20.3 Å². The van der Waals surface area contributed by atoms with Crippen LogP contribution < -0.4 is 0 Å². The number of carbonyl (C=O) groups is 1. The van der Waals surface area contributed by atoms with E-state index in [0.29, 0.717) is 12.0 Å². The van der Waals surface area contributed by atoms with E-state index in [0.717, 1.165) is 16.7 Å². The second-order valence-electron chi connectivity index (χ2n) is 4.66. The predicted molar refractivity (Wildman–Crippen MR) is 75.4 cm³/mol. The third-order valence-electron chi connectivity index (χ3n) is 3.10. The van der Waals surface area contributed by atoms with Gasteiger partial charge in [-0.1, -0.05) is 35.4 Å². The van der Waals surface area contributed by atoms with Gasteiger partial charge in [-0.15, -0.1) is 0 Å². The van der Waals surface area contributed by atoms with Gasteiger partial charge in [0.05, 0.1) is 5.02 Å². The zero-order valence-electron chi connectivity index (χ0n) is 10.8. The lowest BCUT2D eigenvalue weighted by molar-refractivity contribution is 0.0992. The van der Waals surface area contributed by atoms with Gasteiger partial charge in [0.2, 0.25) is 0 Å². The van der Waals surface area contributed by atoms with Crippen LogP contribution in [0.3, 0.4) is 0 Å². The summed E-state index contributed by atoms with van der Waals surface area (Å²) in [5.74, 6) is -0.569. The van der Waals surface area contributed by atoms with Crippen LogP contribution in [-0.4, -0.2) is 5.78 Å². The van der Waals surface area contributed by atoms with Crippen molar-refractivity contribution in [2.75, 3.05) is 0 Å². The second-order valence-corrected chi connectivity index (χ2v) is 5.07. The lowest BCUT2D eigenvalue weighted by Crippen LogP contribution is -2.05. The number of carbonyl (C=O) groups excluding carboxylic acids is 1. The maximum atomic E-state index is 13.1. The van der Waals surface area contributed by atoms with Crippen molar-refractivity contribution >= 4 is 17.4 Å². The molecule has 0 spiro atoms. The normalized spacial score (nSPS) is 10.5. The van der Waals surface area contributed by atoms with Crippen molar-refractivity contribution in [3.63, 3.8) is 0 Å². The number of hydrogen-bond donors (Lipinski definition) is 0. The highest BCUT2D eigenvalue weighted by atomic mass is 35.5. The number of hydrogen-bond acceptors (Lipinski definition) is 1. The third-order valence-corrected chi connectivity index (χ3v) is 3.39. The molecule has 0 unspecified atom stereocenters. The van der Waals surface area contributed by atoms with E-state index in [1.807, 2.05) is 32.0 Å². The van der Waals surface area contributed by atoms with Gasteiger partial charge in [0.1, 0.15) is 5.82 Å². The molecular formula is C16H14ClFO. The minimum atomic E-state index is -0.509. The van der Waals surface area contributed by atoms with Crippen LogP contribution in [0.4, 0.5) is 4.39 Å². The average molecular weight is 277 g/mol. The SMILES string of the molecule is Cc1ccc(C)c(CC(=O)c2ccc(F)c(Cl)c2)c1. The molecule has 2 aromatic rings. The first-order valence-corrected chi connectivity index (χ1v) is 6.39. The fraction of sp³-hybridized carbons (Fsp3) is 0.188. The van der Waals surface area contributed by atoms with Crippen LogP contribution in [0.5, 0.6) is 0 Å². The lowest BCUT2D eigenvalue weighted by atomic mass is 9.98. The van der Waals surface area contributed by atoms with E-state index < -0.39 is 5.82 Å². The van der Waals surface area contributed by atoms with Crippen LogP contribution in [-0.2, 0) is 6.42 Å². The summed E-state index contributed by atoms with van der Waals surface area (Å²) in [6.07, 6.45) is 0.301. The Morgan fingerprint density at radius 2 is 1.89 bits per heavy atom. The Bertz CT molecular complexity index is 635. The fourth-order valence-corrected chi connectivity index (χ4v) is 2.12. The smallest absolute Gasteiger partial charge is 0.167 e. The van der Waals surface area contributed by atoms with Crippen LogP contribution >= 0.6 is 11.6 Å². The number of aryl methyl sites for hydroxylation is 2. The molecule has 0 amide bonds. The minimum absolute atomic E-state index is 0.0215. The Morgan fingerprint density at radius 1 is 1.16 bits per heavy atom. The van der Waals surface area contributed by atoms with Gasteiger partial charge in [-0.25, -0.2) is 4.39 Å². The maximum absolute atomic E-state index is 13.1. The molecule has 0 fully saturated rings. The van der Waals surface area contributed by atoms with Crippen molar-refractivity contribution in [1.82, 2.24) is 0 Å². The molecule has 0 aliphatic carbocycles. The third kappa shape index (κ3) is 3.21. The second kappa shape index (κ2) is 5.54. The highest BCUT2D eigenvalue weighted by Crippen LogP contribution is 2.19. The number of rotatable bonds is 3. The van der Waals surface area contributed by atoms with Gasteiger partial charge in [0.15, 0.2) is 5.78 Å². The molecule has 2 rings (SSSR count). The lowest BCUT2D eigenvalue weighted by Gasteiger charge is -2.07.